The number of amides is 1. The van der Waals surface area contributed by atoms with Gasteiger partial charge in [0.15, 0.2) is 23.0 Å². The molecule has 1 amide bonds. The van der Waals surface area contributed by atoms with Gasteiger partial charge < -0.3 is 9.80 Å². The maximum atomic E-state index is 16.5. The average Bonchev–Trinajstić information content (AvgIpc) is 2.95. The van der Waals surface area contributed by atoms with E-state index in [1.54, 1.807) is 21.7 Å². The van der Waals surface area contributed by atoms with Crippen molar-refractivity contribution in [2.24, 2.45) is 0 Å². The Morgan fingerprint density at radius 3 is 2.51 bits per heavy atom. The van der Waals surface area contributed by atoms with Crippen molar-refractivity contribution >= 4 is 28.8 Å². The standard InChI is InChI=1S/C32H32FN6O2/c1-7-22-11-9-10-12-23(22)29-25(33)15-24-30(37-19(4)16-36(17-20(37)5)26(40)8-2)35-32(41)39-28-18(3)13-14-34-27(28)21(6)38(29)31(24)39/h7-15,19-21H,1-2,16-17H2,3-6H3/q+1/t19-,20-,21?/m0/s1. The first kappa shape index (κ1) is 26.6. The number of aromatic nitrogens is 4. The smallest absolute Gasteiger partial charge is 0.347 e. The first-order valence-corrected chi connectivity index (χ1v) is 13.8. The van der Waals surface area contributed by atoms with Crippen LogP contribution in [0.1, 0.15) is 43.6 Å². The summed E-state index contributed by atoms with van der Waals surface area (Å²) in [6.45, 7) is 16.3. The number of nitrogens with zero attached hydrogens (tertiary/aromatic N) is 6. The summed E-state index contributed by atoms with van der Waals surface area (Å²) < 4.78 is 20.0. The second-order valence-corrected chi connectivity index (χ2v) is 10.9. The van der Waals surface area contributed by atoms with Crippen LogP contribution >= 0.6 is 0 Å². The van der Waals surface area contributed by atoms with Gasteiger partial charge in [-0.05, 0) is 51.5 Å². The summed E-state index contributed by atoms with van der Waals surface area (Å²) in [6.07, 6.45) is 4.73. The molecule has 1 unspecified atom stereocenters. The highest BCUT2D eigenvalue weighted by Crippen LogP contribution is 2.38. The van der Waals surface area contributed by atoms with E-state index in [4.69, 9.17) is 0 Å². The summed E-state index contributed by atoms with van der Waals surface area (Å²) in [5, 5.41) is 0.518. The first-order chi connectivity index (χ1) is 19.7. The van der Waals surface area contributed by atoms with Crippen LogP contribution in [0.4, 0.5) is 10.2 Å². The van der Waals surface area contributed by atoms with Gasteiger partial charge in [-0.2, -0.15) is 4.98 Å². The molecule has 6 rings (SSSR count). The van der Waals surface area contributed by atoms with Gasteiger partial charge in [-0.3, -0.25) is 9.78 Å². The van der Waals surface area contributed by atoms with Crippen molar-refractivity contribution in [3.63, 3.8) is 0 Å². The quantitative estimate of drug-likeness (QED) is 0.278. The van der Waals surface area contributed by atoms with Gasteiger partial charge in [-0.25, -0.2) is 13.8 Å². The third kappa shape index (κ3) is 3.90. The summed E-state index contributed by atoms with van der Waals surface area (Å²) in [6, 6.07) is 10.1. The number of pyridine rings is 2. The second-order valence-electron chi connectivity index (χ2n) is 10.9. The third-order valence-electron chi connectivity index (χ3n) is 8.30. The number of hydrogen-bond donors (Lipinski definition) is 0. The molecule has 3 aromatic heterocycles. The minimum Gasteiger partial charge on any atom is -0.347 e. The van der Waals surface area contributed by atoms with Crippen molar-refractivity contribution in [2.45, 2.75) is 45.8 Å². The molecule has 2 aliphatic rings. The molecule has 0 aliphatic carbocycles. The highest BCUT2D eigenvalue weighted by molar-refractivity contribution is 5.90. The molecule has 1 fully saturated rings. The summed E-state index contributed by atoms with van der Waals surface area (Å²) in [5.41, 5.74) is 4.09. The van der Waals surface area contributed by atoms with Gasteiger partial charge in [0, 0.05) is 42.5 Å². The van der Waals surface area contributed by atoms with Crippen LogP contribution in [0.3, 0.4) is 0 Å². The van der Waals surface area contributed by atoms with Gasteiger partial charge >= 0.3 is 11.3 Å². The topological polar surface area (TPSA) is 75.2 Å². The van der Waals surface area contributed by atoms with Gasteiger partial charge in [0.1, 0.15) is 17.1 Å². The molecule has 208 valence electrons. The number of piperazine rings is 1. The number of anilines is 1. The highest BCUT2D eigenvalue weighted by Gasteiger charge is 2.42. The molecule has 9 heteroatoms. The molecule has 41 heavy (non-hydrogen) atoms. The zero-order valence-electron chi connectivity index (χ0n) is 23.6. The molecular weight excluding hydrogens is 519 g/mol. The molecule has 5 heterocycles. The van der Waals surface area contributed by atoms with Crippen LogP contribution in [-0.4, -0.2) is 50.5 Å². The van der Waals surface area contributed by atoms with E-state index in [1.807, 2.05) is 67.5 Å². The highest BCUT2D eigenvalue weighted by atomic mass is 19.1. The van der Waals surface area contributed by atoms with E-state index in [9.17, 15) is 9.59 Å². The number of halogens is 1. The van der Waals surface area contributed by atoms with Crippen LogP contribution in [0.25, 0.3) is 34.1 Å². The molecule has 1 aromatic carbocycles. The molecule has 8 nitrogen and oxygen atoms in total. The minimum absolute atomic E-state index is 0.145. The lowest BCUT2D eigenvalue weighted by Gasteiger charge is -2.45. The van der Waals surface area contributed by atoms with E-state index < -0.39 is 11.5 Å². The maximum absolute atomic E-state index is 16.5. The Hall–Kier alpha value is -4.66. The lowest BCUT2D eigenvalue weighted by molar-refractivity contribution is -0.680. The number of aryl methyl sites for hydroxylation is 1. The molecule has 2 aliphatic heterocycles. The van der Waals surface area contributed by atoms with Gasteiger partial charge in [0.05, 0.1) is 0 Å². The Morgan fingerprint density at radius 2 is 1.83 bits per heavy atom. The second kappa shape index (κ2) is 9.76. The van der Waals surface area contributed by atoms with E-state index in [0.717, 1.165) is 11.1 Å². The van der Waals surface area contributed by atoms with E-state index in [-0.39, 0.29) is 24.0 Å². The molecule has 1 saturated heterocycles. The lowest BCUT2D eigenvalue weighted by atomic mass is 9.98. The Kier molecular flexibility index (Phi) is 6.32. The zero-order chi connectivity index (χ0) is 29.2. The molecule has 0 N–H and O–H groups in total. The molecular formula is C32H32FN6O2+. The van der Waals surface area contributed by atoms with Crippen LogP contribution in [0.15, 0.2) is 66.6 Å². The molecule has 0 radical (unpaired) electrons. The maximum Gasteiger partial charge on any atom is 0.442 e. The largest absolute Gasteiger partial charge is 0.442 e. The Morgan fingerprint density at radius 1 is 1.12 bits per heavy atom. The summed E-state index contributed by atoms with van der Waals surface area (Å²) in [7, 11) is 0. The van der Waals surface area contributed by atoms with Gasteiger partial charge in [-0.15, -0.1) is 4.57 Å². The number of carbonyl (C=O) groups excluding carboxylic acids is 1. The van der Waals surface area contributed by atoms with Gasteiger partial charge in [0.25, 0.3) is 0 Å². The van der Waals surface area contributed by atoms with Crippen molar-refractivity contribution < 1.29 is 13.8 Å². The third-order valence-corrected chi connectivity index (χ3v) is 8.30. The van der Waals surface area contributed by atoms with Crippen molar-refractivity contribution in [3.8, 4) is 16.9 Å². The fraction of sp³-hybridized carbons (Fsp3) is 0.281. The van der Waals surface area contributed by atoms with Crippen LogP contribution < -0.4 is 15.2 Å². The molecule has 4 aromatic rings. The SMILES string of the molecule is C=CC(=O)N1C[C@H](C)N(c2nc(=O)n3c4c2cc(F)c(-c2ccccc2C=C)[n+]4C(C)c2nccc(C)c2-3)[C@@H](C)C1. The summed E-state index contributed by atoms with van der Waals surface area (Å²) >= 11 is 0. The predicted molar refractivity (Wildman–Crippen MR) is 158 cm³/mol. The molecule has 0 saturated carbocycles. The molecule has 3 atom stereocenters. The van der Waals surface area contributed by atoms with Crippen LogP contribution in [0.2, 0.25) is 0 Å². The first-order valence-electron chi connectivity index (χ1n) is 13.8. The number of fused-ring (bicyclic) bond motifs is 2. The molecule has 0 bridgehead atoms. The zero-order valence-corrected chi connectivity index (χ0v) is 23.6. The van der Waals surface area contributed by atoms with E-state index in [2.05, 4.69) is 23.1 Å². The monoisotopic (exact) mass is 551 g/mol. The number of carbonyl (C=O) groups is 1. The average molecular weight is 552 g/mol. The van der Waals surface area contributed by atoms with Crippen molar-refractivity contribution in [3.05, 3.63) is 95.0 Å². The van der Waals surface area contributed by atoms with Crippen molar-refractivity contribution in [2.75, 3.05) is 18.0 Å². The van der Waals surface area contributed by atoms with Crippen molar-refractivity contribution in [1.29, 1.82) is 0 Å². The Bertz CT molecular complexity index is 1820. The van der Waals surface area contributed by atoms with Crippen molar-refractivity contribution in [1.82, 2.24) is 19.4 Å². The van der Waals surface area contributed by atoms with Gasteiger partial charge in [-0.1, -0.05) is 43.5 Å². The number of rotatable bonds is 4. The fourth-order valence-corrected chi connectivity index (χ4v) is 6.56. The van der Waals surface area contributed by atoms with Gasteiger partial charge in [0.2, 0.25) is 5.91 Å². The number of hydrogen-bond acceptors (Lipinski definition) is 5. The Labute approximate surface area is 237 Å². The number of benzene rings is 1. The molecule has 0 spiro atoms. The minimum atomic E-state index is -0.468. The van der Waals surface area contributed by atoms with Crippen LogP contribution in [0, 0.1) is 12.7 Å². The summed E-state index contributed by atoms with van der Waals surface area (Å²) in [5.74, 6) is -0.182. The Balaban J connectivity index is 1.71. The van der Waals surface area contributed by atoms with E-state index in [0.29, 0.717) is 52.6 Å². The van der Waals surface area contributed by atoms with Crippen LogP contribution in [-0.2, 0) is 4.79 Å². The fourth-order valence-electron chi connectivity index (χ4n) is 6.56. The normalized spacial score (nSPS) is 19.7. The predicted octanol–water partition coefficient (Wildman–Crippen LogP) is 4.36. The summed E-state index contributed by atoms with van der Waals surface area (Å²) in [4.78, 5) is 39.5. The van der Waals surface area contributed by atoms with E-state index >= 15 is 4.39 Å². The van der Waals surface area contributed by atoms with Crippen LogP contribution in [0.5, 0.6) is 0 Å². The lowest BCUT2D eigenvalue weighted by Crippen LogP contribution is -2.59. The van der Waals surface area contributed by atoms with E-state index in [1.165, 1.54) is 12.1 Å².